The second-order valence-electron chi connectivity index (χ2n) is 5.71. The highest BCUT2D eigenvalue weighted by Gasteiger charge is 2.11. The number of carbonyl (C=O) groups excluding carboxylic acids is 1. The van der Waals surface area contributed by atoms with Gasteiger partial charge in [-0.25, -0.2) is 0 Å². The summed E-state index contributed by atoms with van der Waals surface area (Å²) in [5, 5.41) is 0. The van der Waals surface area contributed by atoms with E-state index in [9.17, 15) is 4.79 Å². The molecule has 0 amide bonds. The highest BCUT2D eigenvalue weighted by atomic mass is 16.5. The molecule has 0 aliphatic carbocycles. The normalized spacial score (nSPS) is 12.4. The van der Waals surface area contributed by atoms with Crippen molar-refractivity contribution >= 4 is 5.78 Å². The van der Waals surface area contributed by atoms with Gasteiger partial charge in [0.25, 0.3) is 0 Å². The van der Waals surface area contributed by atoms with E-state index in [1.54, 1.807) is 0 Å². The van der Waals surface area contributed by atoms with Gasteiger partial charge in [0.15, 0.2) is 5.78 Å². The Hall–Kier alpha value is -1.15. The largest absolute Gasteiger partial charge is 0.370 e. The lowest BCUT2D eigenvalue weighted by Crippen LogP contribution is -2.16. The molecule has 112 valence electrons. The zero-order valence-corrected chi connectivity index (χ0v) is 13.4. The molecule has 1 unspecified atom stereocenters. The first-order valence-electron chi connectivity index (χ1n) is 7.76. The van der Waals surface area contributed by atoms with Crippen LogP contribution in [0, 0.1) is 13.8 Å². The first-order chi connectivity index (χ1) is 9.54. The van der Waals surface area contributed by atoms with Crippen LogP contribution in [0.1, 0.15) is 67.4 Å². The van der Waals surface area contributed by atoms with Crippen molar-refractivity contribution in [2.75, 3.05) is 6.61 Å². The maximum atomic E-state index is 12.2. The molecule has 1 atom stereocenters. The van der Waals surface area contributed by atoms with Gasteiger partial charge in [0.1, 0.15) is 6.61 Å². The number of benzene rings is 1. The van der Waals surface area contributed by atoms with Gasteiger partial charge < -0.3 is 4.74 Å². The monoisotopic (exact) mass is 276 g/mol. The van der Waals surface area contributed by atoms with E-state index in [4.69, 9.17) is 4.74 Å². The Morgan fingerprint density at radius 1 is 1.20 bits per heavy atom. The molecule has 0 heterocycles. The number of ether oxygens (including phenoxy) is 1. The Morgan fingerprint density at radius 3 is 2.65 bits per heavy atom. The SMILES string of the molecule is CCCCCCC(C)OCC(=O)c1cc(C)ccc1C. The third-order valence-electron chi connectivity index (χ3n) is 3.66. The summed E-state index contributed by atoms with van der Waals surface area (Å²) in [5.41, 5.74) is 2.94. The summed E-state index contributed by atoms with van der Waals surface area (Å²) >= 11 is 0. The van der Waals surface area contributed by atoms with Crippen LogP contribution in [-0.2, 0) is 4.74 Å². The van der Waals surface area contributed by atoms with Crippen molar-refractivity contribution in [3.05, 3.63) is 34.9 Å². The van der Waals surface area contributed by atoms with Crippen LogP contribution >= 0.6 is 0 Å². The van der Waals surface area contributed by atoms with E-state index in [0.29, 0.717) is 0 Å². The van der Waals surface area contributed by atoms with Crippen LogP contribution in [0.25, 0.3) is 0 Å². The number of aryl methyl sites for hydroxylation is 2. The van der Waals surface area contributed by atoms with Gasteiger partial charge in [-0.2, -0.15) is 0 Å². The topological polar surface area (TPSA) is 26.3 Å². The molecule has 0 saturated carbocycles. The highest BCUT2D eigenvalue weighted by Crippen LogP contribution is 2.13. The summed E-state index contributed by atoms with van der Waals surface area (Å²) in [6, 6.07) is 5.98. The Morgan fingerprint density at radius 2 is 1.95 bits per heavy atom. The summed E-state index contributed by atoms with van der Waals surface area (Å²) in [6.07, 6.45) is 6.19. The number of carbonyl (C=O) groups is 1. The van der Waals surface area contributed by atoms with Crippen LogP contribution in [0.5, 0.6) is 0 Å². The van der Waals surface area contributed by atoms with E-state index < -0.39 is 0 Å². The van der Waals surface area contributed by atoms with Gasteiger partial charge in [-0.05, 0) is 38.8 Å². The van der Waals surface area contributed by atoms with E-state index in [2.05, 4.69) is 13.8 Å². The van der Waals surface area contributed by atoms with Crippen LogP contribution in [0.2, 0.25) is 0 Å². The minimum atomic E-state index is 0.0895. The van der Waals surface area contributed by atoms with E-state index in [1.165, 1.54) is 25.7 Å². The number of hydrogen-bond donors (Lipinski definition) is 0. The van der Waals surface area contributed by atoms with E-state index in [-0.39, 0.29) is 18.5 Å². The molecule has 0 bridgehead atoms. The lowest BCUT2D eigenvalue weighted by molar-refractivity contribution is 0.0482. The fourth-order valence-electron chi connectivity index (χ4n) is 2.27. The molecule has 1 rings (SSSR count). The molecule has 0 spiro atoms. The predicted octanol–water partition coefficient (Wildman–Crippen LogP) is 4.86. The fraction of sp³-hybridized carbons (Fsp3) is 0.611. The van der Waals surface area contributed by atoms with Crippen molar-refractivity contribution in [3.8, 4) is 0 Å². The van der Waals surface area contributed by atoms with Gasteiger partial charge in [-0.1, -0.05) is 50.3 Å². The Balaban J connectivity index is 2.37. The molecular weight excluding hydrogens is 248 g/mol. The van der Waals surface area contributed by atoms with Crippen molar-refractivity contribution in [1.82, 2.24) is 0 Å². The van der Waals surface area contributed by atoms with Gasteiger partial charge in [-0.3, -0.25) is 4.79 Å². The first kappa shape index (κ1) is 16.9. The van der Waals surface area contributed by atoms with Crippen LogP contribution in [0.15, 0.2) is 18.2 Å². The summed E-state index contributed by atoms with van der Waals surface area (Å²) in [6.45, 7) is 8.44. The molecule has 2 nitrogen and oxygen atoms in total. The van der Waals surface area contributed by atoms with Crippen molar-refractivity contribution in [1.29, 1.82) is 0 Å². The second-order valence-corrected chi connectivity index (χ2v) is 5.71. The van der Waals surface area contributed by atoms with Gasteiger partial charge in [0.2, 0.25) is 0 Å². The number of unbranched alkanes of at least 4 members (excludes halogenated alkanes) is 3. The molecule has 20 heavy (non-hydrogen) atoms. The Bertz CT molecular complexity index is 423. The average molecular weight is 276 g/mol. The number of hydrogen-bond acceptors (Lipinski definition) is 2. The van der Waals surface area contributed by atoms with Gasteiger partial charge in [-0.15, -0.1) is 0 Å². The summed E-state index contributed by atoms with van der Waals surface area (Å²) < 4.78 is 5.68. The fourth-order valence-corrected chi connectivity index (χ4v) is 2.27. The third kappa shape index (κ3) is 5.87. The molecule has 0 N–H and O–H groups in total. The maximum Gasteiger partial charge on any atom is 0.188 e. The van der Waals surface area contributed by atoms with E-state index >= 15 is 0 Å². The Kier molecular flexibility index (Phi) is 7.53. The van der Waals surface area contributed by atoms with Gasteiger partial charge in [0.05, 0.1) is 6.10 Å². The van der Waals surface area contributed by atoms with Crippen molar-refractivity contribution < 1.29 is 9.53 Å². The van der Waals surface area contributed by atoms with Gasteiger partial charge >= 0.3 is 0 Å². The molecule has 0 fully saturated rings. The molecular formula is C18H28O2. The predicted molar refractivity (Wildman–Crippen MR) is 84.4 cm³/mol. The second kappa shape index (κ2) is 8.91. The standard InChI is InChI=1S/C18H28O2/c1-5-6-7-8-9-16(4)20-13-18(19)17-12-14(2)10-11-15(17)3/h10-12,16H,5-9,13H2,1-4H3. The smallest absolute Gasteiger partial charge is 0.188 e. The van der Waals surface area contributed by atoms with Crippen LogP contribution < -0.4 is 0 Å². The van der Waals surface area contributed by atoms with Crippen molar-refractivity contribution in [3.63, 3.8) is 0 Å². The number of Topliss-reactive ketones (excluding diaryl/α,β-unsaturated/α-hetero) is 1. The molecule has 2 heteroatoms. The summed E-state index contributed by atoms with van der Waals surface area (Å²) in [5.74, 6) is 0.0895. The molecule has 1 aromatic rings. The van der Waals surface area contributed by atoms with Crippen LogP contribution in [0.4, 0.5) is 0 Å². The Labute approximate surface area is 123 Å². The van der Waals surface area contributed by atoms with E-state index in [0.717, 1.165) is 23.1 Å². The number of rotatable bonds is 9. The van der Waals surface area contributed by atoms with Crippen LogP contribution in [-0.4, -0.2) is 18.5 Å². The lowest BCUT2D eigenvalue weighted by atomic mass is 10.0. The summed E-state index contributed by atoms with van der Waals surface area (Å²) in [7, 11) is 0. The minimum absolute atomic E-state index is 0.0895. The minimum Gasteiger partial charge on any atom is -0.370 e. The molecule has 0 aliphatic heterocycles. The zero-order valence-electron chi connectivity index (χ0n) is 13.4. The molecule has 0 radical (unpaired) electrons. The van der Waals surface area contributed by atoms with Crippen molar-refractivity contribution in [2.24, 2.45) is 0 Å². The lowest BCUT2D eigenvalue weighted by Gasteiger charge is -2.13. The van der Waals surface area contributed by atoms with Crippen molar-refractivity contribution in [2.45, 2.75) is 65.9 Å². The first-order valence-corrected chi connectivity index (χ1v) is 7.76. The van der Waals surface area contributed by atoms with Gasteiger partial charge in [0, 0.05) is 5.56 Å². The molecule has 1 aromatic carbocycles. The van der Waals surface area contributed by atoms with Crippen LogP contribution in [0.3, 0.4) is 0 Å². The maximum absolute atomic E-state index is 12.2. The summed E-state index contributed by atoms with van der Waals surface area (Å²) in [4.78, 5) is 12.2. The average Bonchev–Trinajstić information content (AvgIpc) is 2.43. The molecule has 0 aliphatic rings. The van der Waals surface area contributed by atoms with E-state index in [1.807, 2.05) is 32.0 Å². The molecule has 0 aromatic heterocycles. The quantitative estimate of drug-likeness (QED) is 0.475. The third-order valence-corrected chi connectivity index (χ3v) is 3.66. The highest BCUT2D eigenvalue weighted by molar-refractivity contribution is 5.98. The number of ketones is 1. The zero-order chi connectivity index (χ0) is 15.0. The molecule has 0 saturated heterocycles.